The highest BCUT2D eigenvalue weighted by Crippen LogP contribution is 2.25. The standard InChI is InChI=1S/C16H23FN2O4S/c1-11-8-14(9-12(2)16(11)17)24(22,23)19-6-4-13(5-7-19)18(3)10-15(20)21/h8-9,13H,4-7,10H2,1-3H3,(H,20,21). The molecule has 1 saturated heterocycles. The average Bonchev–Trinajstić information content (AvgIpc) is 2.51. The van der Waals surface area contributed by atoms with Gasteiger partial charge >= 0.3 is 5.97 Å². The summed E-state index contributed by atoms with van der Waals surface area (Å²) < 4.78 is 40.6. The minimum Gasteiger partial charge on any atom is -0.480 e. The number of hydrogen-bond acceptors (Lipinski definition) is 4. The maximum absolute atomic E-state index is 13.7. The van der Waals surface area contributed by atoms with Crippen molar-refractivity contribution in [2.75, 3.05) is 26.7 Å². The molecule has 0 spiro atoms. The van der Waals surface area contributed by atoms with E-state index in [1.165, 1.54) is 16.4 Å². The summed E-state index contributed by atoms with van der Waals surface area (Å²) in [5.41, 5.74) is 0.620. The topological polar surface area (TPSA) is 77.9 Å². The predicted octanol–water partition coefficient (Wildman–Crippen LogP) is 1.61. The van der Waals surface area contributed by atoms with Gasteiger partial charge in [-0.05, 0) is 57.0 Å². The van der Waals surface area contributed by atoms with Crippen LogP contribution in [0.5, 0.6) is 0 Å². The Bertz CT molecular complexity index is 705. The third kappa shape index (κ3) is 3.93. The third-order valence-corrected chi connectivity index (χ3v) is 6.36. The van der Waals surface area contributed by atoms with Crippen LogP contribution in [0.25, 0.3) is 0 Å². The molecule has 0 aromatic heterocycles. The first-order valence-electron chi connectivity index (χ1n) is 7.82. The zero-order valence-electron chi connectivity index (χ0n) is 14.1. The fourth-order valence-electron chi connectivity index (χ4n) is 3.07. The summed E-state index contributed by atoms with van der Waals surface area (Å²) in [5, 5.41) is 8.84. The van der Waals surface area contributed by atoms with Crippen LogP contribution in [0.4, 0.5) is 4.39 Å². The van der Waals surface area contributed by atoms with Crippen molar-refractivity contribution in [3.63, 3.8) is 0 Å². The first-order valence-corrected chi connectivity index (χ1v) is 9.26. The van der Waals surface area contributed by atoms with Crippen molar-refractivity contribution < 1.29 is 22.7 Å². The van der Waals surface area contributed by atoms with E-state index in [0.717, 1.165) is 0 Å². The van der Waals surface area contributed by atoms with Crippen LogP contribution in [0.1, 0.15) is 24.0 Å². The maximum Gasteiger partial charge on any atom is 0.317 e. The Kier molecular flexibility index (Phi) is 5.62. The fraction of sp³-hybridized carbons (Fsp3) is 0.562. The Balaban J connectivity index is 2.12. The molecule has 24 heavy (non-hydrogen) atoms. The van der Waals surface area contributed by atoms with Crippen LogP contribution >= 0.6 is 0 Å². The van der Waals surface area contributed by atoms with Crippen LogP contribution in [0.15, 0.2) is 17.0 Å². The van der Waals surface area contributed by atoms with Gasteiger partial charge in [-0.1, -0.05) is 0 Å². The zero-order chi connectivity index (χ0) is 18.1. The normalized spacial score (nSPS) is 17.4. The summed E-state index contributed by atoms with van der Waals surface area (Å²) in [6, 6.07) is 2.77. The molecule has 0 saturated carbocycles. The minimum absolute atomic E-state index is 0.0456. The highest BCUT2D eigenvalue weighted by atomic mass is 32.2. The quantitative estimate of drug-likeness (QED) is 0.865. The molecule has 134 valence electrons. The first kappa shape index (κ1) is 18.8. The van der Waals surface area contributed by atoms with Crippen LogP contribution < -0.4 is 0 Å². The number of aryl methyl sites for hydroxylation is 2. The molecule has 0 radical (unpaired) electrons. The van der Waals surface area contributed by atoms with Crippen molar-refractivity contribution in [3.8, 4) is 0 Å². The Morgan fingerprint density at radius 2 is 1.79 bits per heavy atom. The molecule has 1 aromatic rings. The number of carboxylic acids is 1. The smallest absolute Gasteiger partial charge is 0.317 e. The van der Waals surface area contributed by atoms with Gasteiger partial charge in [0.2, 0.25) is 10.0 Å². The summed E-state index contributed by atoms with van der Waals surface area (Å²) in [6.45, 7) is 3.69. The Labute approximate surface area is 141 Å². The van der Waals surface area contributed by atoms with Gasteiger partial charge in [0.1, 0.15) is 5.82 Å². The highest BCUT2D eigenvalue weighted by Gasteiger charge is 2.31. The predicted molar refractivity (Wildman–Crippen MR) is 87.9 cm³/mol. The molecular formula is C16H23FN2O4S. The lowest BCUT2D eigenvalue weighted by atomic mass is 10.1. The van der Waals surface area contributed by atoms with Crippen molar-refractivity contribution in [1.29, 1.82) is 0 Å². The van der Waals surface area contributed by atoms with Gasteiger partial charge in [0.05, 0.1) is 11.4 Å². The second-order valence-electron chi connectivity index (χ2n) is 6.32. The van der Waals surface area contributed by atoms with Gasteiger partial charge in [0, 0.05) is 19.1 Å². The van der Waals surface area contributed by atoms with Crippen LogP contribution in [0, 0.1) is 19.7 Å². The Hall–Kier alpha value is -1.51. The molecule has 1 aliphatic rings. The van der Waals surface area contributed by atoms with Gasteiger partial charge in [-0.25, -0.2) is 12.8 Å². The summed E-state index contributed by atoms with van der Waals surface area (Å²) >= 11 is 0. The molecule has 6 nitrogen and oxygen atoms in total. The maximum atomic E-state index is 13.7. The van der Waals surface area contributed by atoms with Gasteiger partial charge < -0.3 is 5.11 Å². The summed E-state index contributed by atoms with van der Waals surface area (Å²) in [4.78, 5) is 12.6. The van der Waals surface area contributed by atoms with Crippen LogP contribution in [-0.4, -0.2) is 61.4 Å². The number of sulfonamides is 1. The number of rotatable bonds is 5. The van der Waals surface area contributed by atoms with Gasteiger partial charge in [0.15, 0.2) is 0 Å². The van der Waals surface area contributed by atoms with Gasteiger partial charge in [0.25, 0.3) is 0 Å². The first-order chi connectivity index (χ1) is 11.1. The summed E-state index contributed by atoms with van der Waals surface area (Å²) in [7, 11) is -1.93. The van der Waals surface area contributed by atoms with Crippen molar-refractivity contribution in [3.05, 3.63) is 29.1 Å². The van der Waals surface area contributed by atoms with E-state index in [0.29, 0.717) is 37.1 Å². The minimum atomic E-state index is -3.66. The second-order valence-corrected chi connectivity index (χ2v) is 8.25. The average molecular weight is 358 g/mol. The van der Waals surface area contributed by atoms with E-state index in [9.17, 15) is 17.6 Å². The van der Waals surface area contributed by atoms with Crippen LogP contribution in [-0.2, 0) is 14.8 Å². The third-order valence-electron chi connectivity index (χ3n) is 4.48. The van der Waals surface area contributed by atoms with Crippen molar-refractivity contribution in [2.24, 2.45) is 0 Å². The van der Waals surface area contributed by atoms with E-state index in [1.54, 1.807) is 25.8 Å². The fourth-order valence-corrected chi connectivity index (χ4v) is 4.71. The van der Waals surface area contributed by atoms with Crippen molar-refractivity contribution >= 4 is 16.0 Å². The number of benzene rings is 1. The SMILES string of the molecule is Cc1cc(S(=O)(=O)N2CCC(N(C)CC(=O)O)CC2)cc(C)c1F. The highest BCUT2D eigenvalue weighted by molar-refractivity contribution is 7.89. The molecule has 0 unspecified atom stereocenters. The number of carboxylic acid groups (broad SMARTS) is 1. The van der Waals surface area contributed by atoms with Gasteiger partial charge in [-0.15, -0.1) is 0 Å². The molecule has 0 amide bonds. The van der Waals surface area contributed by atoms with Crippen LogP contribution in [0.3, 0.4) is 0 Å². The molecule has 0 atom stereocenters. The molecule has 1 aromatic carbocycles. The molecule has 1 aliphatic heterocycles. The Morgan fingerprint density at radius 1 is 1.29 bits per heavy atom. The number of halogens is 1. The van der Waals surface area contributed by atoms with E-state index >= 15 is 0 Å². The lowest BCUT2D eigenvalue weighted by molar-refractivity contribution is -0.138. The molecule has 1 fully saturated rings. The lowest BCUT2D eigenvalue weighted by Gasteiger charge is -2.35. The van der Waals surface area contributed by atoms with Gasteiger partial charge in [-0.3, -0.25) is 9.69 Å². The molecule has 2 rings (SSSR count). The largest absolute Gasteiger partial charge is 0.480 e. The zero-order valence-corrected chi connectivity index (χ0v) is 14.9. The number of piperidine rings is 1. The van der Waals surface area contributed by atoms with Crippen molar-refractivity contribution in [1.82, 2.24) is 9.21 Å². The number of likely N-dealkylation sites (N-methyl/N-ethyl adjacent to an activating group) is 1. The van der Waals surface area contributed by atoms with E-state index in [4.69, 9.17) is 5.11 Å². The molecule has 1 N–H and O–H groups in total. The monoisotopic (exact) mass is 358 g/mol. The van der Waals surface area contributed by atoms with Gasteiger partial charge in [-0.2, -0.15) is 4.31 Å². The summed E-state index contributed by atoms with van der Waals surface area (Å²) in [6.07, 6.45) is 1.14. The molecule has 0 bridgehead atoms. The summed E-state index contributed by atoms with van der Waals surface area (Å²) in [5.74, 6) is -1.28. The van der Waals surface area contributed by atoms with E-state index in [1.807, 2.05) is 0 Å². The molecule has 0 aliphatic carbocycles. The number of carbonyl (C=O) groups is 1. The van der Waals surface area contributed by atoms with Crippen LogP contribution in [0.2, 0.25) is 0 Å². The Morgan fingerprint density at radius 3 is 2.25 bits per heavy atom. The number of nitrogens with zero attached hydrogens (tertiary/aromatic N) is 2. The van der Waals surface area contributed by atoms with E-state index < -0.39 is 16.0 Å². The van der Waals surface area contributed by atoms with E-state index in [-0.39, 0.29) is 23.3 Å². The molecule has 1 heterocycles. The molecule has 8 heteroatoms. The molecular weight excluding hydrogens is 335 g/mol. The van der Waals surface area contributed by atoms with E-state index in [2.05, 4.69) is 0 Å². The number of aliphatic carboxylic acids is 1. The lowest BCUT2D eigenvalue weighted by Crippen LogP contribution is -2.46. The number of hydrogen-bond donors (Lipinski definition) is 1. The second kappa shape index (κ2) is 7.16. The van der Waals surface area contributed by atoms with Crippen molar-refractivity contribution in [2.45, 2.75) is 37.6 Å².